The average molecular weight is 444 g/mol. The van der Waals surface area contributed by atoms with Gasteiger partial charge in [-0.3, -0.25) is 0 Å². The molecule has 1 nitrogen and oxygen atoms in total. The van der Waals surface area contributed by atoms with Gasteiger partial charge in [0.1, 0.15) is 11.6 Å². The molecular formula is C24H26F6O. The highest BCUT2D eigenvalue weighted by Gasteiger charge is 2.32. The summed E-state index contributed by atoms with van der Waals surface area (Å²) in [6.07, 6.45) is 3.56. The quantitative estimate of drug-likeness (QED) is 0.307. The van der Waals surface area contributed by atoms with Gasteiger partial charge in [-0.25, -0.2) is 13.2 Å². The Bertz CT molecular complexity index is 861. The van der Waals surface area contributed by atoms with E-state index in [0.717, 1.165) is 31.7 Å². The number of alkyl halides is 3. The van der Waals surface area contributed by atoms with Gasteiger partial charge in [0.15, 0.2) is 11.6 Å². The Balaban J connectivity index is 1.74. The first kappa shape index (κ1) is 23.5. The lowest BCUT2D eigenvalue weighted by atomic mass is 9.77. The largest absolute Gasteiger partial charge is 0.573 e. The van der Waals surface area contributed by atoms with Crippen molar-refractivity contribution >= 4 is 0 Å². The molecule has 0 bridgehead atoms. The van der Waals surface area contributed by atoms with Crippen LogP contribution in [0.5, 0.6) is 5.75 Å². The third kappa shape index (κ3) is 6.17. The molecule has 1 aliphatic rings. The van der Waals surface area contributed by atoms with Crippen molar-refractivity contribution in [3.63, 3.8) is 0 Å². The minimum Gasteiger partial charge on any atom is -0.403 e. The summed E-state index contributed by atoms with van der Waals surface area (Å²) >= 11 is 0. The van der Waals surface area contributed by atoms with E-state index in [-0.39, 0.29) is 11.5 Å². The van der Waals surface area contributed by atoms with Gasteiger partial charge in [0.05, 0.1) is 5.56 Å². The first-order valence-electron chi connectivity index (χ1n) is 10.7. The second kappa shape index (κ2) is 9.96. The number of hydrogen-bond donors (Lipinski definition) is 0. The predicted molar refractivity (Wildman–Crippen MR) is 107 cm³/mol. The molecule has 2 aromatic carbocycles. The molecule has 2 aromatic rings. The van der Waals surface area contributed by atoms with Gasteiger partial charge in [0, 0.05) is 0 Å². The van der Waals surface area contributed by atoms with E-state index in [2.05, 4.69) is 11.7 Å². The molecule has 0 N–H and O–H groups in total. The summed E-state index contributed by atoms with van der Waals surface area (Å²) in [5.74, 6) is -3.38. The van der Waals surface area contributed by atoms with Crippen LogP contribution in [0.25, 0.3) is 11.1 Å². The zero-order chi connectivity index (χ0) is 22.6. The Morgan fingerprint density at radius 3 is 2.06 bits per heavy atom. The summed E-state index contributed by atoms with van der Waals surface area (Å²) in [4.78, 5) is 0. The maximum absolute atomic E-state index is 14.8. The Kier molecular flexibility index (Phi) is 7.55. The topological polar surface area (TPSA) is 9.23 Å². The van der Waals surface area contributed by atoms with Crippen molar-refractivity contribution in [2.24, 2.45) is 5.92 Å². The molecule has 0 saturated heterocycles. The zero-order valence-corrected chi connectivity index (χ0v) is 17.4. The number of benzene rings is 2. The van der Waals surface area contributed by atoms with Crippen LogP contribution in [0, 0.1) is 23.4 Å². The van der Waals surface area contributed by atoms with Crippen LogP contribution in [-0.4, -0.2) is 6.36 Å². The molecule has 31 heavy (non-hydrogen) atoms. The van der Waals surface area contributed by atoms with Gasteiger partial charge < -0.3 is 4.74 Å². The molecule has 1 saturated carbocycles. The molecule has 0 spiro atoms. The first-order valence-corrected chi connectivity index (χ1v) is 10.7. The monoisotopic (exact) mass is 444 g/mol. The van der Waals surface area contributed by atoms with Crippen LogP contribution in [0.3, 0.4) is 0 Å². The van der Waals surface area contributed by atoms with E-state index < -0.39 is 35.1 Å². The predicted octanol–water partition coefficient (Wildman–Crippen LogP) is 8.52. The van der Waals surface area contributed by atoms with Gasteiger partial charge in [0.2, 0.25) is 0 Å². The van der Waals surface area contributed by atoms with Crippen LogP contribution in [0.15, 0.2) is 30.3 Å². The summed E-state index contributed by atoms with van der Waals surface area (Å²) in [5, 5.41) is 0. The molecule has 0 heterocycles. The Labute approximate surface area is 178 Å². The van der Waals surface area contributed by atoms with Crippen LogP contribution in [0.4, 0.5) is 26.3 Å². The minimum atomic E-state index is -5.06. The number of hydrogen-bond acceptors (Lipinski definition) is 1. The molecule has 0 radical (unpaired) electrons. The number of rotatable bonds is 7. The molecule has 0 amide bonds. The molecule has 170 valence electrons. The minimum absolute atomic E-state index is 0.0692. The number of unbranched alkanes of at least 4 members (excludes halogenated alkanes) is 2. The smallest absolute Gasteiger partial charge is 0.403 e. The van der Waals surface area contributed by atoms with Crippen LogP contribution >= 0.6 is 0 Å². The van der Waals surface area contributed by atoms with Gasteiger partial charge in [0.25, 0.3) is 0 Å². The van der Waals surface area contributed by atoms with E-state index in [9.17, 15) is 26.3 Å². The second-order valence-corrected chi connectivity index (χ2v) is 8.27. The summed E-state index contributed by atoms with van der Waals surface area (Å²) in [6.45, 7) is 2.17. The van der Waals surface area contributed by atoms with Crippen molar-refractivity contribution < 1.29 is 31.1 Å². The lowest BCUT2D eigenvalue weighted by Crippen LogP contribution is -2.17. The van der Waals surface area contributed by atoms with Crippen molar-refractivity contribution in [3.8, 4) is 16.9 Å². The van der Waals surface area contributed by atoms with Crippen molar-refractivity contribution in [1.29, 1.82) is 0 Å². The van der Waals surface area contributed by atoms with Crippen molar-refractivity contribution in [2.75, 3.05) is 0 Å². The van der Waals surface area contributed by atoms with E-state index in [1.807, 2.05) is 0 Å². The molecule has 1 aliphatic carbocycles. The molecule has 0 atom stereocenters. The lowest BCUT2D eigenvalue weighted by Gasteiger charge is -2.29. The van der Waals surface area contributed by atoms with Crippen LogP contribution in [-0.2, 0) is 0 Å². The fourth-order valence-corrected chi connectivity index (χ4v) is 4.44. The molecule has 0 aliphatic heterocycles. The molecule has 3 rings (SSSR count). The zero-order valence-electron chi connectivity index (χ0n) is 17.4. The third-order valence-electron chi connectivity index (χ3n) is 6.04. The normalized spacial score (nSPS) is 19.5. The van der Waals surface area contributed by atoms with Gasteiger partial charge >= 0.3 is 6.36 Å². The van der Waals surface area contributed by atoms with E-state index >= 15 is 0 Å². The molecule has 7 heteroatoms. The summed E-state index contributed by atoms with van der Waals surface area (Å²) < 4.78 is 83.9. The second-order valence-electron chi connectivity index (χ2n) is 8.27. The SMILES string of the molecule is CCCCCC1CCC(c2cc(F)c(-c3ccc(OC(F)(F)F)c(F)c3)c(F)c2)CC1. The van der Waals surface area contributed by atoms with Crippen LogP contribution in [0.2, 0.25) is 0 Å². The Morgan fingerprint density at radius 1 is 0.871 bits per heavy atom. The van der Waals surface area contributed by atoms with Crippen LogP contribution < -0.4 is 4.74 Å². The van der Waals surface area contributed by atoms with E-state index in [1.54, 1.807) is 0 Å². The maximum atomic E-state index is 14.8. The standard InChI is InChI=1S/C24H26F6O/c1-2-3-4-5-15-6-8-16(9-7-15)18-13-20(26)23(21(27)14-18)17-10-11-22(19(25)12-17)31-24(28,29)30/h10-16H,2-9H2,1H3. The molecule has 0 unspecified atom stereocenters. The fourth-order valence-electron chi connectivity index (χ4n) is 4.44. The first-order chi connectivity index (χ1) is 14.7. The highest BCUT2D eigenvalue weighted by atomic mass is 19.4. The highest BCUT2D eigenvalue weighted by molar-refractivity contribution is 5.66. The number of halogens is 6. The van der Waals surface area contributed by atoms with Gasteiger partial charge in [-0.2, -0.15) is 0 Å². The Hall–Kier alpha value is -2.18. The molecule has 0 aromatic heterocycles. The van der Waals surface area contributed by atoms with Gasteiger partial charge in [-0.1, -0.05) is 38.7 Å². The molecule has 1 fully saturated rings. The van der Waals surface area contributed by atoms with Gasteiger partial charge in [-0.05, 0) is 72.9 Å². The van der Waals surface area contributed by atoms with E-state index in [1.165, 1.54) is 37.8 Å². The Morgan fingerprint density at radius 2 is 1.52 bits per heavy atom. The van der Waals surface area contributed by atoms with Crippen molar-refractivity contribution in [2.45, 2.75) is 70.6 Å². The summed E-state index contributed by atoms with van der Waals surface area (Å²) in [6, 6.07) is 4.89. The summed E-state index contributed by atoms with van der Waals surface area (Å²) in [7, 11) is 0. The molecular weight excluding hydrogens is 418 g/mol. The average Bonchev–Trinajstić information content (AvgIpc) is 2.69. The summed E-state index contributed by atoms with van der Waals surface area (Å²) in [5.41, 5.74) is -0.0778. The van der Waals surface area contributed by atoms with E-state index in [0.29, 0.717) is 23.6 Å². The third-order valence-corrected chi connectivity index (χ3v) is 6.04. The van der Waals surface area contributed by atoms with Gasteiger partial charge in [-0.15, -0.1) is 13.2 Å². The van der Waals surface area contributed by atoms with Crippen LogP contribution in [0.1, 0.15) is 69.8 Å². The fraction of sp³-hybridized carbons (Fsp3) is 0.500. The lowest BCUT2D eigenvalue weighted by molar-refractivity contribution is -0.275. The van der Waals surface area contributed by atoms with Crippen molar-refractivity contribution in [3.05, 3.63) is 53.3 Å². The number of ether oxygens (including phenoxy) is 1. The van der Waals surface area contributed by atoms with Crippen molar-refractivity contribution in [1.82, 2.24) is 0 Å². The highest BCUT2D eigenvalue weighted by Crippen LogP contribution is 2.40. The van der Waals surface area contributed by atoms with E-state index in [4.69, 9.17) is 0 Å². The maximum Gasteiger partial charge on any atom is 0.573 e.